The predicted molar refractivity (Wildman–Crippen MR) is 104 cm³/mol. The zero-order chi connectivity index (χ0) is 19.3. The fourth-order valence-corrected chi connectivity index (χ4v) is 4.94. The standard InChI is InChI=1S/C19H27N3O4S/c1-26-13-5-9-20-19(23)15-21-12-8-16-14-17(6-7-18(16)21)27(24,25)22-10-3-2-4-11-22/h6-8,12,14H,2-5,9-11,13,15H2,1H3,(H,20,23). The molecule has 0 spiro atoms. The summed E-state index contributed by atoms with van der Waals surface area (Å²) in [5, 5.41) is 3.68. The zero-order valence-corrected chi connectivity index (χ0v) is 16.5. The van der Waals surface area contributed by atoms with Crippen molar-refractivity contribution in [1.82, 2.24) is 14.2 Å². The van der Waals surface area contributed by atoms with Gasteiger partial charge in [-0.1, -0.05) is 6.42 Å². The minimum absolute atomic E-state index is 0.0754. The average Bonchev–Trinajstić information content (AvgIpc) is 3.08. The van der Waals surface area contributed by atoms with Crippen molar-refractivity contribution >= 4 is 26.8 Å². The van der Waals surface area contributed by atoms with Gasteiger partial charge in [0.1, 0.15) is 6.54 Å². The molecule has 148 valence electrons. The molecule has 0 atom stereocenters. The normalized spacial score (nSPS) is 15.9. The third kappa shape index (κ3) is 4.69. The van der Waals surface area contributed by atoms with Crippen LogP contribution in [-0.4, -0.2) is 56.5 Å². The van der Waals surface area contributed by atoms with Crippen molar-refractivity contribution < 1.29 is 17.9 Å². The molecule has 27 heavy (non-hydrogen) atoms. The van der Waals surface area contributed by atoms with E-state index in [2.05, 4.69) is 5.32 Å². The van der Waals surface area contributed by atoms with Crippen molar-refractivity contribution in [2.45, 2.75) is 37.1 Å². The van der Waals surface area contributed by atoms with Gasteiger partial charge in [-0.3, -0.25) is 4.79 Å². The van der Waals surface area contributed by atoms with E-state index in [4.69, 9.17) is 4.74 Å². The summed E-state index contributed by atoms with van der Waals surface area (Å²) in [4.78, 5) is 12.4. The zero-order valence-electron chi connectivity index (χ0n) is 15.7. The maximum Gasteiger partial charge on any atom is 0.243 e. The minimum atomic E-state index is -3.45. The molecule has 0 bridgehead atoms. The number of hydrogen-bond acceptors (Lipinski definition) is 4. The Morgan fingerprint density at radius 2 is 1.96 bits per heavy atom. The van der Waals surface area contributed by atoms with Gasteiger partial charge in [0.25, 0.3) is 0 Å². The van der Waals surface area contributed by atoms with Gasteiger partial charge >= 0.3 is 0 Å². The molecular formula is C19H27N3O4S. The van der Waals surface area contributed by atoms with Crippen molar-refractivity contribution in [3.8, 4) is 0 Å². The quantitative estimate of drug-likeness (QED) is 0.696. The van der Waals surface area contributed by atoms with Crippen LogP contribution >= 0.6 is 0 Å². The minimum Gasteiger partial charge on any atom is -0.385 e. The first-order valence-electron chi connectivity index (χ1n) is 9.37. The number of rotatable bonds is 8. The Morgan fingerprint density at radius 1 is 1.19 bits per heavy atom. The Labute approximate surface area is 160 Å². The Morgan fingerprint density at radius 3 is 2.70 bits per heavy atom. The molecule has 1 aliphatic rings. The number of benzene rings is 1. The smallest absolute Gasteiger partial charge is 0.243 e. The summed E-state index contributed by atoms with van der Waals surface area (Å²) in [7, 11) is -1.82. The molecule has 2 aromatic rings. The van der Waals surface area contributed by atoms with E-state index in [0.717, 1.165) is 36.6 Å². The lowest BCUT2D eigenvalue weighted by Gasteiger charge is -2.25. The molecule has 8 heteroatoms. The largest absolute Gasteiger partial charge is 0.385 e. The van der Waals surface area contributed by atoms with Gasteiger partial charge in [0.05, 0.1) is 4.90 Å². The number of nitrogens with zero attached hydrogens (tertiary/aromatic N) is 2. The highest BCUT2D eigenvalue weighted by Gasteiger charge is 2.26. The first-order chi connectivity index (χ1) is 13.0. The number of sulfonamides is 1. The summed E-state index contributed by atoms with van der Waals surface area (Å²) in [6.45, 7) is 2.56. The number of nitrogens with one attached hydrogen (secondary N) is 1. The Bertz CT molecular complexity index is 885. The number of carbonyl (C=O) groups is 1. The van der Waals surface area contributed by atoms with Crippen molar-refractivity contribution in [3.05, 3.63) is 30.5 Å². The Hall–Kier alpha value is -1.90. The van der Waals surface area contributed by atoms with Crippen molar-refractivity contribution in [1.29, 1.82) is 0 Å². The molecule has 1 fully saturated rings. The summed E-state index contributed by atoms with van der Waals surface area (Å²) in [5.74, 6) is -0.0754. The van der Waals surface area contributed by atoms with E-state index in [1.807, 2.05) is 16.8 Å². The lowest BCUT2D eigenvalue weighted by atomic mass is 10.2. The molecule has 3 rings (SSSR count). The summed E-state index contributed by atoms with van der Waals surface area (Å²) in [6.07, 6.45) is 5.50. The van der Waals surface area contributed by atoms with Crippen LogP contribution in [0, 0.1) is 0 Å². The first kappa shape index (κ1) is 19.9. The summed E-state index contributed by atoms with van der Waals surface area (Å²) in [5.41, 5.74) is 0.847. The molecule has 7 nitrogen and oxygen atoms in total. The van der Waals surface area contributed by atoms with Gasteiger partial charge in [0, 0.05) is 50.5 Å². The van der Waals surface area contributed by atoms with E-state index < -0.39 is 10.0 Å². The van der Waals surface area contributed by atoms with Gasteiger partial charge in [-0.15, -0.1) is 0 Å². The lowest BCUT2D eigenvalue weighted by molar-refractivity contribution is -0.121. The van der Waals surface area contributed by atoms with E-state index in [9.17, 15) is 13.2 Å². The van der Waals surface area contributed by atoms with Crippen molar-refractivity contribution in [3.63, 3.8) is 0 Å². The highest BCUT2D eigenvalue weighted by atomic mass is 32.2. The van der Waals surface area contributed by atoms with Crippen LogP contribution in [0.25, 0.3) is 10.9 Å². The summed E-state index contributed by atoms with van der Waals surface area (Å²) >= 11 is 0. The fourth-order valence-electron chi connectivity index (χ4n) is 3.39. The monoisotopic (exact) mass is 393 g/mol. The van der Waals surface area contributed by atoms with Crippen LogP contribution in [0.15, 0.2) is 35.4 Å². The second-order valence-corrected chi connectivity index (χ2v) is 8.76. The van der Waals surface area contributed by atoms with Gasteiger partial charge in [-0.2, -0.15) is 4.31 Å². The molecule has 1 amide bonds. The van der Waals surface area contributed by atoms with Gasteiger partial charge in [0.2, 0.25) is 15.9 Å². The van der Waals surface area contributed by atoms with E-state index in [-0.39, 0.29) is 12.5 Å². The van der Waals surface area contributed by atoms with Crippen molar-refractivity contribution in [2.24, 2.45) is 0 Å². The highest BCUT2D eigenvalue weighted by molar-refractivity contribution is 7.89. The van der Waals surface area contributed by atoms with Crippen LogP contribution in [-0.2, 0) is 26.1 Å². The van der Waals surface area contributed by atoms with E-state index in [0.29, 0.717) is 31.1 Å². The van der Waals surface area contributed by atoms with Gasteiger partial charge in [-0.05, 0) is 43.5 Å². The topological polar surface area (TPSA) is 80.6 Å². The van der Waals surface area contributed by atoms with Crippen LogP contribution in [0.5, 0.6) is 0 Å². The van der Waals surface area contributed by atoms with Gasteiger partial charge < -0.3 is 14.6 Å². The average molecular weight is 394 g/mol. The van der Waals surface area contributed by atoms with E-state index in [1.54, 1.807) is 29.6 Å². The number of methoxy groups -OCH3 is 1. The summed E-state index contributed by atoms with van der Waals surface area (Å²) in [6, 6.07) is 6.97. The number of piperidine rings is 1. The molecule has 1 aromatic heterocycles. The molecular weight excluding hydrogens is 366 g/mol. The molecule has 0 radical (unpaired) electrons. The lowest BCUT2D eigenvalue weighted by Crippen LogP contribution is -2.35. The van der Waals surface area contributed by atoms with Crippen LogP contribution in [0.4, 0.5) is 0 Å². The number of hydrogen-bond donors (Lipinski definition) is 1. The predicted octanol–water partition coefficient (Wildman–Crippen LogP) is 1.97. The van der Waals surface area contributed by atoms with Crippen LogP contribution in [0.1, 0.15) is 25.7 Å². The molecule has 0 unspecified atom stereocenters. The number of amides is 1. The Balaban J connectivity index is 1.71. The second kappa shape index (κ2) is 8.86. The maximum absolute atomic E-state index is 12.8. The summed E-state index contributed by atoms with van der Waals surface area (Å²) < 4.78 is 34.0. The van der Waals surface area contributed by atoms with Gasteiger partial charge in [0.15, 0.2) is 0 Å². The Kier molecular flexibility index (Phi) is 6.51. The molecule has 1 saturated heterocycles. The molecule has 1 aromatic carbocycles. The fraction of sp³-hybridized carbons (Fsp3) is 0.526. The number of carbonyl (C=O) groups excluding carboxylic acids is 1. The SMILES string of the molecule is COCCCNC(=O)Cn1ccc2cc(S(=O)(=O)N3CCCCC3)ccc21. The maximum atomic E-state index is 12.8. The first-order valence-corrected chi connectivity index (χ1v) is 10.8. The third-order valence-electron chi connectivity index (χ3n) is 4.86. The van der Waals surface area contributed by atoms with Crippen LogP contribution < -0.4 is 5.32 Å². The van der Waals surface area contributed by atoms with Crippen LogP contribution in [0.3, 0.4) is 0 Å². The van der Waals surface area contributed by atoms with E-state index in [1.165, 1.54) is 0 Å². The third-order valence-corrected chi connectivity index (χ3v) is 6.75. The number of ether oxygens (including phenoxy) is 1. The molecule has 1 N–H and O–H groups in total. The number of aromatic nitrogens is 1. The molecule has 0 saturated carbocycles. The molecule has 2 heterocycles. The number of fused-ring (bicyclic) bond motifs is 1. The van der Waals surface area contributed by atoms with Crippen LogP contribution in [0.2, 0.25) is 0 Å². The van der Waals surface area contributed by atoms with E-state index >= 15 is 0 Å². The highest BCUT2D eigenvalue weighted by Crippen LogP contribution is 2.25. The molecule has 1 aliphatic heterocycles. The molecule has 0 aliphatic carbocycles. The second-order valence-electron chi connectivity index (χ2n) is 6.83. The van der Waals surface area contributed by atoms with Gasteiger partial charge in [-0.25, -0.2) is 8.42 Å². The van der Waals surface area contributed by atoms with Crippen molar-refractivity contribution in [2.75, 3.05) is 33.4 Å².